The van der Waals surface area contributed by atoms with Gasteiger partial charge in [0.1, 0.15) is 0 Å². The number of aromatic nitrogens is 8. The maximum absolute atomic E-state index is 5.11. The standard InChI is InChI=1S/C80H50N8/c1-3-13-53(14-4-1)75-83-77(87-79(85-75)57-35-27-51(28-36-57)63-43-61-17-7-11-21-71(61)81-47-63)55-31-23-49(24-32-55)59-39-41-67-69(45-59)73-65-19-9-10-20-66(65)74(67)70-46-60(40-42-68(70)73)50-25-33-56(34-26-50)78-84-76(54-15-5-2-6-16-54)86-80(88-78)58-37-29-52(30-38-58)64-44-62-18-8-12-22-72(62)82-48-64/h1-48,73-74H. The third-order valence-corrected chi connectivity index (χ3v) is 17.5. The van der Waals surface area contributed by atoms with Crippen LogP contribution >= 0.6 is 0 Å². The zero-order valence-electron chi connectivity index (χ0n) is 47.4. The molecule has 2 bridgehead atoms. The molecule has 0 fully saturated rings. The van der Waals surface area contributed by atoms with Gasteiger partial charge in [0.25, 0.3) is 0 Å². The first kappa shape index (κ1) is 50.7. The van der Waals surface area contributed by atoms with Crippen LogP contribution < -0.4 is 0 Å². The highest BCUT2D eigenvalue weighted by molar-refractivity contribution is 5.86. The van der Waals surface area contributed by atoms with Gasteiger partial charge < -0.3 is 0 Å². The van der Waals surface area contributed by atoms with Crippen LogP contribution in [0.25, 0.3) is 135 Å². The zero-order chi connectivity index (χ0) is 58.1. The van der Waals surface area contributed by atoms with E-state index in [0.717, 1.165) is 88.6 Å². The van der Waals surface area contributed by atoms with Crippen molar-refractivity contribution in [2.24, 2.45) is 0 Å². The molecule has 0 saturated heterocycles. The predicted molar refractivity (Wildman–Crippen MR) is 353 cm³/mol. The number of pyridine rings is 2. The molecular formula is C80H50N8. The van der Waals surface area contributed by atoms with Crippen LogP contribution in [-0.2, 0) is 0 Å². The van der Waals surface area contributed by atoms with Gasteiger partial charge in [-0.3, -0.25) is 9.97 Å². The van der Waals surface area contributed by atoms with Crippen LogP contribution in [0.4, 0.5) is 0 Å². The van der Waals surface area contributed by atoms with E-state index in [1.54, 1.807) is 0 Å². The largest absolute Gasteiger partial charge is 0.256 e. The van der Waals surface area contributed by atoms with E-state index in [2.05, 4.69) is 182 Å². The Morgan fingerprint density at radius 1 is 0.182 bits per heavy atom. The Kier molecular flexibility index (Phi) is 12.2. The monoisotopic (exact) mass is 1120 g/mol. The number of hydrogen-bond donors (Lipinski definition) is 0. The number of nitrogens with zero attached hydrogens (tertiary/aromatic N) is 8. The molecule has 18 rings (SSSR count). The van der Waals surface area contributed by atoms with Crippen molar-refractivity contribution in [2.45, 2.75) is 11.8 Å². The van der Waals surface area contributed by atoms with Crippen molar-refractivity contribution < 1.29 is 0 Å². The normalized spacial score (nSPS) is 13.7. The predicted octanol–water partition coefficient (Wildman–Crippen LogP) is 18.8. The first-order valence-corrected chi connectivity index (χ1v) is 29.7. The Balaban J connectivity index is 0.657. The van der Waals surface area contributed by atoms with Crippen LogP contribution in [-0.4, -0.2) is 39.9 Å². The highest BCUT2D eigenvalue weighted by Gasteiger charge is 2.41. The molecular weight excluding hydrogens is 1070 g/mol. The van der Waals surface area contributed by atoms with Gasteiger partial charge in [0.05, 0.1) is 11.0 Å². The molecule has 0 saturated carbocycles. The van der Waals surface area contributed by atoms with Gasteiger partial charge in [-0.2, -0.15) is 0 Å². The summed E-state index contributed by atoms with van der Waals surface area (Å²) in [6.07, 6.45) is 3.87. The van der Waals surface area contributed by atoms with Crippen LogP contribution in [0.2, 0.25) is 0 Å². The Morgan fingerprint density at radius 3 is 0.795 bits per heavy atom. The van der Waals surface area contributed by atoms with Crippen molar-refractivity contribution in [3.63, 3.8) is 0 Å². The fraction of sp³-hybridized carbons (Fsp3) is 0.0250. The molecule has 0 radical (unpaired) electrons. The quantitative estimate of drug-likeness (QED) is 0.133. The van der Waals surface area contributed by atoms with Crippen LogP contribution in [0.5, 0.6) is 0 Å². The molecule has 3 aliphatic carbocycles. The maximum atomic E-state index is 5.11. The van der Waals surface area contributed by atoms with Crippen molar-refractivity contribution in [2.75, 3.05) is 0 Å². The average molecular weight is 1120 g/mol. The summed E-state index contributed by atoms with van der Waals surface area (Å²) in [5.74, 6) is 3.92. The molecule has 3 aliphatic rings. The topological polar surface area (TPSA) is 103 Å². The molecule has 0 aliphatic heterocycles. The molecule has 8 heteroatoms. The molecule has 0 N–H and O–H groups in total. The number of hydrogen-bond acceptors (Lipinski definition) is 8. The summed E-state index contributed by atoms with van der Waals surface area (Å²) in [5, 5.41) is 2.22. The number of benzene rings is 11. The molecule has 410 valence electrons. The summed E-state index contributed by atoms with van der Waals surface area (Å²) in [6, 6.07) is 98.3. The van der Waals surface area contributed by atoms with E-state index in [0.29, 0.717) is 34.9 Å². The second kappa shape index (κ2) is 21.1. The summed E-state index contributed by atoms with van der Waals surface area (Å²) in [4.78, 5) is 39.8. The van der Waals surface area contributed by atoms with Gasteiger partial charge in [-0.25, -0.2) is 29.9 Å². The van der Waals surface area contributed by atoms with E-state index < -0.39 is 0 Å². The number of para-hydroxylation sites is 2. The lowest BCUT2D eigenvalue weighted by Gasteiger charge is -2.42. The van der Waals surface area contributed by atoms with Gasteiger partial charge in [-0.1, -0.05) is 243 Å². The molecule has 88 heavy (non-hydrogen) atoms. The minimum absolute atomic E-state index is 0.101. The minimum atomic E-state index is 0.101. The highest BCUT2D eigenvalue weighted by atomic mass is 15.0. The van der Waals surface area contributed by atoms with Crippen LogP contribution in [0, 0.1) is 0 Å². The van der Waals surface area contributed by atoms with Gasteiger partial charge in [-0.05, 0) is 103 Å². The molecule has 0 amide bonds. The average Bonchev–Trinajstić information content (AvgIpc) is 0.867. The lowest BCUT2D eigenvalue weighted by Crippen LogP contribution is -2.27. The first-order valence-electron chi connectivity index (χ1n) is 29.7. The van der Waals surface area contributed by atoms with E-state index >= 15 is 0 Å². The van der Waals surface area contributed by atoms with E-state index in [1.807, 2.05) is 109 Å². The second-order valence-corrected chi connectivity index (χ2v) is 22.7. The fourth-order valence-corrected chi connectivity index (χ4v) is 13.0. The minimum Gasteiger partial charge on any atom is -0.256 e. The lowest BCUT2D eigenvalue weighted by atomic mass is 9.60. The fourth-order valence-electron chi connectivity index (χ4n) is 13.0. The van der Waals surface area contributed by atoms with Gasteiger partial charge in [0, 0.05) is 79.5 Å². The van der Waals surface area contributed by atoms with Crippen molar-refractivity contribution in [1.82, 2.24) is 39.9 Å². The van der Waals surface area contributed by atoms with E-state index in [1.165, 1.54) is 44.5 Å². The molecule has 4 heterocycles. The zero-order valence-corrected chi connectivity index (χ0v) is 47.4. The van der Waals surface area contributed by atoms with Gasteiger partial charge in [0.2, 0.25) is 0 Å². The lowest BCUT2D eigenvalue weighted by molar-refractivity contribution is 0.755. The second-order valence-electron chi connectivity index (χ2n) is 22.7. The van der Waals surface area contributed by atoms with Crippen LogP contribution in [0.15, 0.2) is 291 Å². The van der Waals surface area contributed by atoms with E-state index in [-0.39, 0.29) is 11.8 Å². The Morgan fingerprint density at radius 2 is 0.443 bits per heavy atom. The summed E-state index contributed by atoms with van der Waals surface area (Å²) in [7, 11) is 0. The van der Waals surface area contributed by atoms with E-state index in [9.17, 15) is 0 Å². The molecule has 11 aromatic carbocycles. The highest BCUT2D eigenvalue weighted by Crippen LogP contribution is 2.57. The molecule has 4 aromatic heterocycles. The van der Waals surface area contributed by atoms with Gasteiger partial charge in [-0.15, -0.1) is 0 Å². The van der Waals surface area contributed by atoms with Gasteiger partial charge >= 0.3 is 0 Å². The molecule has 8 nitrogen and oxygen atoms in total. The maximum Gasteiger partial charge on any atom is 0.164 e. The van der Waals surface area contributed by atoms with Crippen molar-refractivity contribution in [1.29, 1.82) is 0 Å². The van der Waals surface area contributed by atoms with Crippen molar-refractivity contribution in [3.8, 4) is 113 Å². The Hall–Kier alpha value is -11.7. The third kappa shape index (κ3) is 9.10. The Bertz CT molecular complexity index is 4860. The molecule has 2 unspecified atom stereocenters. The van der Waals surface area contributed by atoms with Crippen LogP contribution in [0.3, 0.4) is 0 Å². The summed E-state index contributed by atoms with van der Waals surface area (Å²) in [5.41, 5.74) is 24.5. The number of rotatable bonds is 10. The summed E-state index contributed by atoms with van der Waals surface area (Å²) < 4.78 is 0. The molecule has 15 aromatic rings. The number of fused-ring (bicyclic) bond motifs is 2. The van der Waals surface area contributed by atoms with Crippen LogP contribution in [0.1, 0.15) is 45.2 Å². The molecule has 0 spiro atoms. The third-order valence-electron chi connectivity index (χ3n) is 17.5. The van der Waals surface area contributed by atoms with Gasteiger partial charge in [0.15, 0.2) is 34.9 Å². The van der Waals surface area contributed by atoms with E-state index in [4.69, 9.17) is 39.9 Å². The smallest absolute Gasteiger partial charge is 0.164 e. The summed E-state index contributed by atoms with van der Waals surface area (Å²) in [6.45, 7) is 0. The van der Waals surface area contributed by atoms with Crippen molar-refractivity contribution in [3.05, 3.63) is 325 Å². The Labute approximate surface area is 508 Å². The van der Waals surface area contributed by atoms with Crippen molar-refractivity contribution >= 4 is 21.8 Å². The molecule has 2 atom stereocenters. The SMILES string of the molecule is c1ccc(-c2nc(-c3ccc(-c4ccc5c(c4)C4c6ccccc6C5c5cc(-c6ccc(-c7nc(-c8ccccc8)nc(-c8ccc(-c9cnc%10ccccc%10c9)cc8)n7)cc6)ccc54)cc3)nc(-c3ccc(-c4cnc5ccccc5c4)cc3)n2)cc1. The summed E-state index contributed by atoms with van der Waals surface area (Å²) >= 11 is 0. The first-order chi connectivity index (χ1) is 43.5.